The van der Waals surface area contributed by atoms with Crippen molar-refractivity contribution in [2.24, 2.45) is 5.73 Å². The third-order valence-electron chi connectivity index (χ3n) is 2.25. The molecule has 0 aromatic heterocycles. The third-order valence-corrected chi connectivity index (χ3v) is 3.06. The highest BCUT2D eigenvalue weighted by Gasteiger charge is 2.36. The Kier molecular flexibility index (Phi) is 2.51. The molecular weight excluding hydrogens is 228 g/mol. The number of fused-ring (bicyclic) bond motifs is 1. The Morgan fingerprint density at radius 2 is 2.19 bits per heavy atom. The Morgan fingerprint density at radius 3 is 2.81 bits per heavy atom. The molecule has 0 bridgehead atoms. The number of nitrogens with two attached hydrogens (primary N) is 1. The maximum Gasteiger partial charge on any atom is 0.283 e. The second-order valence-corrected chi connectivity index (χ2v) is 4.56. The number of rotatable bonds is 2. The fraction of sp³-hybridized carbons (Fsp3) is 0.100. The van der Waals surface area contributed by atoms with Crippen LogP contribution in [0.3, 0.4) is 0 Å². The normalized spacial score (nSPS) is 17.2. The highest BCUT2D eigenvalue weighted by atomic mass is 32.2. The Morgan fingerprint density at radius 1 is 1.50 bits per heavy atom. The lowest BCUT2D eigenvalue weighted by atomic mass is 10.0. The summed E-state index contributed by atoms with van der Waals surface area (Å²) in [6.45, 7) is 3.54. The van der Waals surface area contributed by atoms with Gasteiger partial charge in [0.25, 0.3) is 5.12 Å². The van der Waals surface area contributed by atoms with Crippen molar-refractivity contribution in [1.29, 1.82) is 0 Å². The van der Waals surface area contributed by atoms with Gasteiger partial charge in [0.15, 0.2) is 17.6 Å². The van der Waals surface area contributed by atoms with Crippen molar-refractivity contribution < 1.29 is 4.79 Å². The quantitative estimate of drug-likeness (QED) is 0.481. The van der Waals surface area contributed by atoms with E-state index in [0.29, 0.717) is 11.3 Å². The van der Waals surface area contributed by atoms with Gasteiger partial charge in [-0.25, -0.2) is 0 Å². The molecule has 0 fully saturated rings. The Hall–Kier alpha value is -1.34. The van der Waals surface area contributed by atoms with Gasteiger partial charge in [-0.05, 0) is 5.56 Å². The van der Waals surface area contributed by atoms with Crippen LogP contribution in [0.15, 0.2) is 30.5 Å². The first-order chi connectivity index (χ1) is 7.42. The first-order valence-corrected chi connectivity index (χ1v) is 5.30. The van der Waals surface area contributed by atoms with E-state index in [1.54, 1.807) is 12.1 Å². The van der Waals surface area contributed by atoms with Gasteiger partial charge in [0, 0.05) is 18.2 Å². The molecule has 16 heavy (non-hydrogen) atoms. The molecule has 1 aliphatic heterocycles. The van der Waals surface area contributed by atoms with Crippen LogP contribution in [0.2, 0.25) is 0 Å². The summed E-state index contributed by atoms with van der Waals surface area (Å²) in [5.41, 5.74) is 6.54. The first-order valence-electron chi connectivity index (χ1n) is 4.52. The molecule has 2 rings (SSSR count). The second-order valence-electron chi connectivity index (χ2n) is 3.52. The Labute approximate surface area is 96.4 Å². The van der Waals surface area contributed by atoms with Crippen LogP contribution in [0.4, 0.5) is 5.69 Å². The van der Waals surface area contributed by atoms with Crippen molar-refractivity contribution in [3.05, 3.63) is 52.0 Å². The van der Waals surface area contributed by atoms with Crippen LogP contribution in [-0.2, 0) is 6.42 Å². The predicted molar refractivity (Wildman–Crippen MR) is 63.9 cm³/mol. The van der Waals surface area contributed by atoms with Gasteiger partial charge in [0.1, 0.15) is 5.56 Å². The van der Waals surface area contributed by atoms with Gasteiger partial charge in [-0.15, -0.1) is 0 Å². The van der Waals surface area contributed by atoms with Crippen LogP contribution in [0.5, 0.6) is 0 Å². The molecule has 0 saturated carbocycles. The minimum absolute atomic E-state index is 0.0613. The lowest BCUT2D eigenvalue weighted by molar-refractivity contribution is 0.109. The molecule has 0 spiro atoms. The van der Waals surface area contributed by atoms with Gasteiger partial charge in [0.2, 0.25) is 0 Å². The minimum Gasteiger partial charge on any atom is -0.613 e. The van der Waals surface area contributed by atoms with E-state index < -0.39 is 9.33 Å². The summed E-state index contributed by atoms with van der Waals surface area (Å²) < 4.78 is -1.96. The molecule has 1 aromatic carbocycles. The molecule has 1 aliphatic rings. The van der Waals surface area contributed by atoms with E-state index in [1.807, 2.05) is 0 Å². The van der Waals surface area contributed by atoms with Crippen molar-refractivity contribution in [3.63, 3.8) is 0 Å². The first kappa shape index (κ1) is 11.2. The SMILES string of the molecule is C=C(N)Cc1cccc2c1C(=O)S[N+]2([O-])[O-]. The lowest BCUT2D eigenvalue weighted by Gasteiger charge is -2.38. The molecule has 6 heteroatoms. The van der Waals surface area contributed by atoms with Crippen LogP contribution >= 0.6 is 11.9 Å². The molecule has 0 radical (unpaired) electrons. The maximum absolute atomic E-state index is 11.6. The summed E-state index contributed by atoms with van der Waals surface area (Å²) in [4.78, 5) is 11.6. The number of allylic oxidation sites excluding steroid dienone is 1. The van der Waals surface area contributed by atoms with Crippen molar-refractivity contribution in [2.75, 3.05) is 0 Å². The van der Waals surface area contributed by atoms with Crippen LogP contribution in [0.1, 0.15) is 15.9 Å². The van der Waals surface area contributed by atoms with E-state index in [2.05, 4.69) is 6.58 Å². The standard InChI is InChI=1S/C10H9N2O3S/c1-6(11)5-7-3-2-4-8-9(7)10(13)16-12(8,14)15/h2-4H,1,5,11H2/q-1. The number of quaternary nitrogens is 1. The van der Waals surface area contributed by atoms with Crippen LogP contribution in [0, 0.1) is 10.4 Å². The van der Waals surface area contributed by atoms with Gasteiger partial charge >= 0.3 is 0 Å². The largest absolute Gasteiger partial charge is 0.613 e. The summed E-state index contributed by atoms with van der Waals surface area (Å²) in [6.07, 6.45) is 0.287. The molecule has 0 unspecified atom stereocenters. The van der Waals surface area contributed by atoms with E-state index in [1.165, 1.54) is 6.07 Å². The molecule has 0 aliphatic carbocycles. The third kappa shape index (κ3) is 1.72. The fourth-order valence-electron chi connectivity index (χ4n) is 1.65. The second kappa shape index (κ2) is 3.60. The van der Waals surface area contributed by atoms with Gasteiger partial charge in [0.05, 0.1) is 0 Å². The van der Waals surface area contributed by atoms with E-state index >= 15 is 0 Å². The highest BCUT2D eigenvalue weighted by molar-refractivity contribution is 8.14. The van der Waals surface area contributed by atoms with Crippen LogP contribution in [-0.4, -0.2) is 5.12 Å². The van der Waals surface area contributed by atoms with Gasteiger partial charge in [-0.2, -0.15) is 0 Å². The number of hydrogen-bond acceptors (Lipinski definition) is 5. The van der Waals surface area contributed by atoms with Crippen molar-refractivity contribution in [3.8, 4) is 0 Å². The van der Waals surface area contributed by atoms with E-state index in [9.17, 15) is 15.2 Å². The molecule has 0 atom stereocenters. The number of hydrogen-bond donors (Lipinski definition) is 1. The number of carbonyl (C=O) groups is 1. The average Bonchev–Trinajstić information content (AvgIpc) is 2.37. The van der Waals surface area contributed by atoms with E-state index in [4.69, 9.17) is 5.73 Å². The molecular formula is C10H9N2O3S-. The number of carbonyl (C=O) groups excluding carboxylic acids is 1. The maximum atomic E-state index is 11.6. The van der Waals surface area contributed by atoms with E-state index in [-0.39, 0.29) is 29.6 Å². The Balaban J connectivity index is 2.57. The number of nitrogens with zero attached hydrogens (tertiary/aromatic N) is 1. The van der Waals surface area contributed by atoms with Crippen molar-refractivity contribution in [2.45, 2.75) is 6.42 Å². The summed E-state index contributed by atoms with van der Waals surface area (Å²) in [6, 6.07) is 4.61. The van der Waals surface area contributed by atoms with Crippen LogP contribution < -0.4 is 9.95 Å². The molecule has 5 nitrogen and oxygen atoms in total. The lowest BCUT2D eigenvalue weighted by Crippen LogP contribution is -2.23. The summed E-state index contributed by atoms with van der Waals surface area (Å²) in [7, 11) is 0. The smallest absolute Gasteiger partial charge is 0.283 e. The van der Waals surface area contributed by atoms with Crippen molar-refractivity contribution >= 4 is 22.8 Å². The van der Waals surface area contributed by atoms with Gasteiger partial charge in [-0.3, -0.25) is 9.01 Å². The molecule has 0 amide bonds. The predicted octanol–water partition coefficient (Wildman–Crippen LogP) is 1.81. The topological polar surface area (TPSA) is 89.2 Å². The fourth-order valence-corrected chi connectivity index (χ4v) is 2.44. The highest BCUT2D eigenvalue weighted by Crippen LogP contribution is 2.44. The number of benzene rings is 1. The zero-order valence-corrected chi connectivity index (χ0v) is 9.12. The molecule has 1 aromatic rings. The van der Waals surface area contributed by atoms with Crippen molar-refractivity contribution in [1.82, 2.24) is 4.21 Å². The Bertz CT molecular complexity index is 485. The average molecular weight is 237 g/mol. The summed E-state index contributed by atoms with van der Waals surface area (Å²) >= 11 is 0.210. The monoisotopic (exact) mass is 237 g/mol. The van der Waals surface area contributed by atoms with Crippen LogP contribution in [0.25, 0.3) is 0 Å². The molecule has 84 valence electrons. The molecule has 2 N–H and O–H groups in total. The van der Waals surface area contributed by atoms with Gasteiger partial charge in [-0.1, -0.05) is 18.7 Å². The van der Waals surface area contributed by atoms with E-state index in [0.717, 1.165) is 0 Å². The minimum atomic E-state index is -1.96. The zero-order chi connectivity index (χ0) is 11.9. The molecule has 1 heterocycles. The summed E-state index contributed by atoms with van der Waals surface area (Å²) in [5.74, 6) is 0. The zero-order valence-electron chi connectivity index (χ0n) is 8.30. The van der Waals surface area contributed by atoms with Gasteiger partial charge < -0.3 is 16.1 Å². The molecule has 0 saturated heterocycles. The summed E-state index contributed by atoms with van der Waals surface area (Å²) in [5, 5.41) is 22.4.